The van der Waals surface area contributed by atoms with Crippen LogP contribution in [-0.4, -0.2) is 20.1 Å². The van der Waals surface area contributed by atoms with Gasteiger partial charge < -0.3 is 5.11 Å². The van der Waals surface area contributed by atoms with E-state index in [0.29, 0.717) is 4.60 Å². The molecule has 1 saturated carbocycles. The van der Waals surface area contributed by atoms with Crippen molar-refractivity contribution in [3.05, 3.63) is 10.3 Å². The van der Waals surface area contributed by atoms with Crippen molar-refractivity contribution >= 4 is 15.9 Å². The van der Waals surface area contributed by atoms with E-state index in [-0.39, 0.29) is 5.41 Å². The lowest BCUT2D eigenvalue weighted by Gasteiger charge is -2.17. The zero-order chi connectivity index (χ0) is 9.64. The van der Waals surface area contributed by atoms with Gasteiger partial charge in [0, 0.05) is 7.05 Å². The van der Waals surface area contributed by atoms with Crippen LogP contribution in [0.25, 0.3) is 0 Å². The summed E-state index contributed by atoms with van der Waals surface area (Å²) in [5.74, 6) is 0. The molecule has 0 radical (unpaired) electrons. The number of hydrogen-bond acceptors (Lipinski definition) is 3. The van der Waals surface area contributed by atoms with Crippen molar-refractivity contribution in [2.24, 2.45) is 12.5 Å². The van der Waals surface area contributed by atoms with Crippen molar-refractivity contribution in [3.8, 4) is 0 Å². The molecule has 5 heteroatoms. The first-order chi connectivity index (χ1) is 6.04. The molecule has 1 aromatic heterocycles. The molecule has 1 aromatic rings. The molecule has 72 valence electrons. The van der Waals surface area contributed by atoms with Crippen LogP contribution >= 0.6 is 15.9 Å². The summed E-state index contributed by atoms with van der Waals surface area (Å²) in [5.41, 5.74) is 0.817. The van der Waals surface area contributed by atoms with E-state index < -0.39 is 6.10 Å². The standard InChI is InChI=1S/C8H12BrN3O/c1-8(3-4-8)6(13)5-7(9)10-11-12(5)2/h6,13H,3-4H2,1-2H3. The average Bonchev–Trinajstić information content (AvgIpc) is 2.73. The smallest absolute Gasteiger partial charge is 0.154 e. The SMILES string of the molecule is Cn1nnc(Br)c1C(O)C1(C)CC1. The minimum atomic E-state index is -0.457. The largest absolute Gasteiger partial charge is 0.386 e. The fourth-order valence-electron chi connectivity index (χ4n) is 1.43. The van der Waals surface area contributed by atoms with Gasteiger partial charge in [-0.2, -0.15) is 0 Å². The normalized spacial score (nSPS) is 21.5. The number of aromatic nitrogens is 3. The summed E-state index contributed by atoms with van der Waals surface area (Å²) in [7, 11) is 1.79. The molecule has 13 heavy (non-hydrogen) atoms. The van der Waals surface area contributed by atoms with E-state index in [4.69, 9.17) is 0 Å². The Kier molecular flexibility index (Phi) is 1.96. The van der Waals surface area contributed by atoms with E-state index in [9.17, 15) is 5.11 Å². The molecule has 1 atom stereocenters. The van der Waals surface area contributed by atoms with Crippen LogP contribution in [-0.2, 0) is 7.05 Å². The van der Waals surface area contributed by atoms with Gasteiger partial charge in [0.05, 0.1) is 0 Å². The minimum absolute atomic E-state index is 0.0397. The van der Waals surface area contributed by atoms with Crippen LogP contribution in [0.5, 0.6) is 0 Å². The Hall–Kier alpha value is -0.420. The van der Waals surface area contributed by atoms with E-state index >= 15 is 0 Å². The van der Waals surface area contributed by atoms with Gasteiger partial charge in [-0.25, -0.2) is 4.68 Å². The first-order valence-corrected chi connectivity index (χ1v) is 5.07. The highest BCUT2D eigenvalue weighted by atomic mass is 79.9. The fourth-order valence-corrected chi connectivity index (χ4v) is 1.97. The van der Waals surface area contributed by atoms with Gasteiger partial charge in [0.1, 0.15) is 11.8 Å². The predicted molar refractivity (Wildman–Crippen MR) is 51.0 cm³/mol. The van der Waals surface area contributed by atoms with Gasteiger partial charge in [0.25, 0.3) is 0 Å². The molecule has 0 spiro atoms. The molecular formula is C8H12BrN3O. The molecule has 0 aromatic carbocycles. The van der Waals surface area contributed by atoms with Gasteiger partial charge in [0.15, 0.2) is 4.60 Å². The summed E-state index contributed by atoms with van der Waals surface area (Å²) < 4.78 is 2.27. The Morgan fingerprint density at radius 2 is 2.23 bits per heavy atom. The van der Waals surface area contributed by atoms with Crippen LogP contribution in [0.1, 0.15) is 31.6 Å². The Morgan fingerprint density at radius 1 is 1.62 bits per heavy atom. The summed E-state index contributed by atoms with van der Waals surface area (Å²) in [6.45, 7) is 2.08. The quantitative estimate of drug-likeness (QED) is 0.858. The van der Waals surface area contributed by atoms with Crippen LogP contribution < -0.4 is 0 Å². The monoisotopic (exact) mass is 245 g/mol. The van der Waals surface area contributed by atoms with Crippen molar-refractivity contribution in [1.29, 1.82) is 0 Å². The Morgan fingerprint density at radius 3 is 2.62 bits per heavy atom. The summed E-state index contributed by atoms with van der Waals surface area (Å²) in [5, 5.41) is 17.7. The molecule has 0 bridgehead atoms. The van der Waals surface area contributed by atoms with Crippen molar-refractivity contribution in [1.82, 2.24) is 15.0 Å². The third kappa shape index (κ3) is 1.40. The lowest BCUT2D eigenvalue weighted by Crippen LogP contribution is -2.14. The van der Waals surface area contributed by atoms with Crippen LogP contribution in [0, 0.1) is 5.41 Å². The summed E-state index contributed by atoms with van der Waals surface area (Å²) in [6, 6.07) is 0. The highest BCUT2D eigenvalue weighted by Crippen LogP contribution is 2.54. The maximum atomic E-state index is 10.0. The fraction of sp³-hybridized carbons (Fsp3) is 0.750. The second-order valence-corrected chi connectivity index (χ2v) is 4.70. The first-order valence-electron chi connectivity index (χ1n) is 4.28. The molecule has 1 heterocycles. The van der Waals surface area contributed by atoms with Crippen molar-refractivity contribution in [2.45, 2.75) is 25.9 Å². The first kappa shape index (κ1) is 9.15. The predicted octanol–water partition coefficient (Wildman–Crippen LogP) is 1.41. The maximum absolute atomic E-state index is 10.0. The van der Waals surface area contributed by atoms with Gasteiger partial charge >= 0.3 is 0 Å². The zero-order valence-corrected chi connectivity index (χ0v) is 9.24. The third-order valence-electron chi connectivity index (χ3n) is 2.78. The van der Waals surface area contributed by atoms with Crippen molar-refractivity contribution in [3.63, 3.8) is 0 Å². The van der Waals surface area contributed by atoms with E-state index in [0.717, 1.165) is 18.5 Å². The van der Waals surface area contributed by atoms with E-state index in [2.05, 4.69) is 33.2 Å². The highest BCUT2D eigenvalue weighted by Gasteiger charge is 2.46. The molecule has 1 unspecified atom stereocenters. The number of aliphatic hydroxyl groups is 1. The summed E-state index contributed by atoms with van der Waals surface area (Å²) in [6.07, 6.45) is 1.69. The summed E-state index contributed by atoms with van der Waals surface area (Å²) in [4.78, 5) is 0. The van der Waals surface area contributed by atoms with Crippen LogP contribution in [0.15, 0.2) is 4.60 Å². The van der Waals surface area contributed by atoms with Gasteiger partial charge in [-0.1, -0.05) is 12.1 Å². The molecular weight excluding hydrogens is 234 g/mol. The van der Waals surface area contributed by atoms with Crippen LogP contribution in [0.2, 0.25) is 0 Å². The van der Waals surface area contributed by atoms with Crippen LogP contribution in [0.3, 0.4) is 0 Å². The maximum Gasteiger partial charge on any atom is 0.154 e. The molecule has 1 N–H and O–H groups in total. The zero-order valence-electron chi connectivity index (χ0n) is 7.66. The molecule has 1 fully saturated rings. The number of aliphatic hydroxyl groups excluding tert-OH is 1. The second-order valence-electron chi connectivity index (χ2n) is 3.95. The molecule has 0 saturated heterocycles. The average molecular weight is 246 g/mol. The number of rotatable bonds is 2. The Balaban J connectivity index is 2.34. The Bertz CT molecular complexity index is 313. The molecule has 1 aliphatic rings. The number of hydrogen-bond donors (Lipinski definition) is 1. The van der Waals surface area contributed by atoms with Gasteiger partial charge in [0.2, 0.25) is 0 Å². The molecule has 2 rings (SSSR count). The van der Waals surface area contributed by atoms with Gasteiger partial charge in [-0.3, -0.25) is 0 Å². The third-order valence-corrected chi connectivity index (χ3v) is 3.35. The van der Waals surface area contributed by atoms with E-state index in [1.54, 1.807) is 11.7 Å². The van der Waals surface area contributed by atoms with E-state index in [1.165, 1.54) is 0 Å². The highest BCUT2D eigenvalue weighted by molar-refractivity contribution is 9.10. The van der Waals surface area contributed by atoms with Gasteiger partial charge in [-0.05, 0) is 34.2 Å². The number of aryl methyl sites for hydroxylation is 1. The number of halogens is 1. The second kappa shape index (κ2) is 2.78. The molecule has 1 aliphatic carbocycles. The van der Waals surface area contributed by atoms with Crippen molar-refractivity contribution in [2.75, 3.05) is 0 Å². The minimum Gasteiger partial charge on any atom is -0.386 e. The Labute approximate surface area is 85.1 Å². The topological polar surface area (TPSA) is 50.9 Å². The summed E-state index contributed by atoms with van der Waals surface area (Å²) >= 11 is 3.28. The van der Waals surface area contributed by atoms with E-state index in [1.807, 2.05) is 0 Å². The lowest BCUT2D eigenvalue weighted by atomic mass is 10.00. The van der Waals surface area contributed by atoms with Crippen molar-refractivity contribution < 1.29 is 5.11 Å². The molecule has 4 nitrogen and oxygen atoms in total. The molecule has 0 amide bonds. The molecule has 0 aliphatic heterocycles. The lowest BCUT2D eigenvalue weighted by molar-refractivity contribution is 0.0946. The van der Waals surface area contributed by atoms with Crippen LogP contribution in [0.4, 0.5) is 0 Å². The number of nitrogens with zero attached hydrogens (tertiary/aromatic N) is 3. The van der Waals surface area contributed by atoms with Gasteiger partial charge in [-0.15, -0.1) is 5.10 Å².